The lowest BCUT2D eigenvalue weighted by Gasteiger charge is -1.69. The van der Waals surface area contributed by atoms with Gasteiger partial charge in [0.05, 0.1) is 0 Å². The zero-order valence-corrected chi connectivity index (χ0v) is 4.72. The molecule has 0 rings (SSSR count). The highest BCUT2D eigenvalue weighted by Gasteiger charge is 1.48. The summed E-state index contributed by atoms with van der Waals surface area (Å²) in [6, 6.07) is 0. The quantitative estimate of drug-likeness (QED) is 0.391. The summed E-state index contributed by atoms with van der Waals surface area (Å²) < 4.78 is 0. The summed E-state index contributed by atoms with van der Waals surface area (Å²) >= 11 is 0. The van der Waals surface area contributed by atoms with Crippen LogP contribution in [0.15, 0.2) is 0 Å². The van der Waals surface area contributed by atoms with Gasteiger partial charge >= 0.3 is 0 Å². The van der Waals surface area contributed by atoms with Gasteiger partial charge in [-0.25, -0.2) is 0 Å². The topological polar surface area (TPSA) is 0 Å². The first kappa shape index (κ1) is 4.65. The summed E-state index contributed by atoms with van der Waals surface area (Å²) in [4.78, 5) is 0. The zero-order chi connectivity index (χ0) is 3.58. The number of hydrogen-bond acceptors (Lipinski definition) is 0. The van der Waals surface area contributed by atoms with E-state index >= 15 is 0 Å². The minimum atomic E-state index is 0.444. The fraction of sp³-hybridized carbons (Fsp3) is 1.00. The molecule has 0 aromatic carbocycles. The van der Waals surface area contributed by atoms with E-state index in [1.807, 2.05) is 0 Å². The van der Waals surface area contributed by atoms with E-state index in [4.69, 9.17) is 0 Å². The maximum Gasteiger partial charge on any atom is -0.0201 e. The number of hydrogen-bond donors (Lipinski definition) is 0. The molecule has 0 unspecified atom stereocenters. The van der Waals surface area contributed by atoms with E-state index in [2.05, 4.69) is 20.5 Å². The molecule has 0 aliphatic rings. The van der Waals surface area contributed by atoms with E-state index in [1.165, 1.54) is 0 Å². The molecule has 0 nitrogen and oxygen atoms in total. The molecule has 0 atom stereocenters. The lowest BCUT2D eigenvalue weighted by molar-refractivity contribution is 2.35. The van der Waals surface area contributed by atoms with E-state index in [0.717, 1.165) is 0 Å². The van der Waals surface area contributed by atoms with Crippen LogP contribution in [0, 0.1) is 0 Å². The van der Waals surface area contributed by atoms with Crippen molar-refractivity contribution >= 4 is 18.1 Å². The van der Waals surface area contributed by atoms with Crippen LogP contribution in [-0.2, 0) is 10.1 Å². The van der Waals surface area contributed by atoms with Crippen molar-refractivity contribution in [3.8, 4) is 0 Å². The Morgan fingerprint density at radius 3 is 1.50 bits per heavy atom. The minimum absolute atomic E-state index is 0.444. The van der Waals surface area contributed by atoms with Gasteiger partial charge in [0.1, 0.15) is 0 Å². The van der Waals surface area contributed by atoms with Crippen molar-refractivity contribution < 1.29 is 0 Å². The summed E-state index contributed by atoms with van der Waals surface area (Å²) in [5, 5.41) is 0. The summed E-state index contributed by atoms with van der Waals surface area (Å²) in [6.45, 7) is 0. The molecule has 26 valence electrons. The van der Waals surface area contributed by atoms with Gasteiger partial charge < -0.3 is 0 Å². The predicted molar refractivity (Wildman–Crippen MR) is 27.5 cm³/mol. The van der Waals surface area contributed by atoms with E-state index in [9.17, 15) is 0 Å². The summed E-state index contributed by atoms with van der Waals surface area (Å²) in [6.07, 6.45) is 4.22. The first-order valence-corrected chi connectivity index (χ1v) is 4.29. The molecule has 0 saturated carbocycles. The van der Waals surface area contributed by atoms with Gasteiger partial charge in [-0.15, -0.1) is 0 Å². The smallest absolute Gasteiger partial charge is 0.0201 e. The van der Waals surface area contributed by atoms with Crippen LogP contribution in [0.5, 0.6) is 0 Å². The highest BCUT2D eigenvalue weighted by Crippen LogP contribution is 1.68. The first-order chi connectivity index (χ1) is 1.73. The first-order valence-electron chi connectivity index (χ1n) is 1.02. The van der Waals surface area contributed by atoms with Crippen LogP contribution in [0.3, 0.4) is 0 Å². The Balaban J connectivity index is 2.80. The maximum atomic E-state index is 3.34. The van der Waals surface area contributed by atoms with Gasteiger partial charge in [-0.1, -0.05) is 8.02 Å². The van der Waals surface area contributed by atoms with Gasteiger partial charge in [-0.05, 0) is 12.5 Å². The Kier molecular flexibility index (Phi) is 2.24. The molecular formula is C2H7PS. The highest BCUT2D eigenvalue weighted by molar-refractivity contribution is 8.14. The molecule has 0 bridgehead atoms. The molecular weight excluding hydrogens is 87.1 g/mol. The van der Waals surface area contributed by atoms with Crippen LogP contribution < -0.4 is 0 Å². The molecule has 0 heterocycles. The van der Waals surface area contributed by atoms with Gasteiger partial charge in [0.25, 0.3) is 0 Å². The molecule has 0 radical (unpaired) electrons. The summed E-state index contributed by atoms with van der Waals surface area (Å²) in [5.74, 6) is 0. The predicted octanol–water partition coefficient (Wildman–Crippen LogP) is 0.922. The highest BCUT2D eigenvalue weighted by atomic mass is 32.5. The Bertz CT molecular complexity index is 29.0. The second kappa shape index (κ2) is 1.92. The molecule has 0 N–H and O–H groups in total. The van der Waals surface area contributed by atoms with Gasteiger partial charge in [0, 0.05) is 0 Å². The lowest BCUT2D eigenvalue weighted by atomic mass is 11.9. The van der Waals surface area contributed by atoms with Crippen molar-refractivity contribution in [2.75, 3.05) is 12.5 Å². The molecule has 0 aromatic rings. The second-order valence-corrected chi connectivity index (χ2v) is 4.90. The van der Waals surface area contributed by atoms with Crippen LogP contribution in [0.2, 0.25) is 0 Å². The SMILES string of the molecule is CS(C)=P. The maximum absolute atomic E-state index is 3.34. The van der Waals surface area contributed by atoms with E-state index < -0.39 is 0 Å². The third kappa shape index (κ3) is 17.1. The third-order valence-corrected chi connectivity index (χ3v) is 0. The van der Waals surface area contributed by atoms with Crippen molar-refractivity contribution in [3.63, 3.8) is 0 Å². The Morgan fingerprint density at radius 2 is 1.50 bits per heavy atom. The molecule has 0 amide bonds. The molecule has 0 aromatic heterocycles. The van der Waals surface area contributed by atoms with Crippen LogP contribution in [0.1, 0.15) is 0 Å². The fourth-order valence-electron chi connectivity index (χ4n) is 0. The number of rotatable bonds is 0. The van der Waals surface area contributed by atoms with Crippen LogP contribution in [0.25, 0.3) is 0 Å². The van der Waals surface area contributed by atoms with Crippen LogP contribution in [-0.4, -0.2) is 12.5 Å². The zero-order valence-electron chi connectivity index (χ0n) is 2.91. The van der Waals surface area contributed by atoms with E-state index in [1.54, 1.807) is 0 Å². The lowest BCUT2D eigenvalue weighted by Crippen LogP contribution is -1.62. The largest absolute Gasteiger partial charge is 0.172 e. The summed E-state index contributed by atoms with van der Waals surface area (Å²) in [5.41, 5.74) is 0. The van der Waals surface area contributed by atoms with E-state index in [0.29, 0.717) is 10.1 Å². The average molecular weight is 94.1 g/mol. The standard InChI is InChI=1S/C2H7PS/c1-4(2)3/h3H,1-2H3. The molecule has 0 fully saturated rings. The monoisotopic (exact) mass is 94.0 g/mol. The van der Waals surface area contributed by atoms with Crippen molar-refractivity contribution in [3.05, 3.63) is 0 Å². The third-order valence-electron chi connectivity index (χ3n) is 0. The fourth-order valence-corrected chi connectivity index (χ4v) is 0. The van der Waals surface area contributed by atoms with Gasteiger partial charge in [0.15, 0.2) is 0 Å². The summed E-state index contributed by atoms with van der Waals surface area (Å²) in [7, 11) is 3.78. The van der Waals surface area contributed by atoms with Crippen LogP contribution in [0.4, 0.5) is 0 Å². The van der Waals surface area contributed by atoms with Crippen molar-refractivity contribution in [1.29, 1.82) is 0 Å². The van der Waals surface area contributed by atoms with Crippen molar-refractivity contribution in [2.45, 2.75) is 0 Å². The molecule has 0 saturated heterocycles. The molecule has 2 heteroatoms. The Hall–Kier alpha value is 0.650. The molecule has 0 spiro atoms. The Morgan fingerprint density at radius 1 is 1.50 bits per heavy atom. The average Bonchev–Trinajstić information content (AvgIpc) is 0.811. The molecule has 4 heavy (non-hydrogen) atoms. The normalized spacial score (nSPS) is 8.75. The Labute approximate surface area is 31.4 Å². The second-order valence-electron chi connectivity index (χ2n) is 0.816. The van der Waals surface area contributed by atoms with Crippen molar-refractivity contribution in [2.24, 2.45) is 0 Å². The van der Waals surface area contributed by atoms with Crippen LogP contribution >= 0.6 is 8.02 Å². The van der Waals surface area contributed by atoms with Gasteiger partial charge in [0.2, 0.25) is 0 Å². The van der Waals surface area contributed by atoms with Gasteiger partial charge in [-0.2, -0.15) is 10.1 Å². The molecule has 0 aliphatic heterocycles. The minimum Gasteiger partial charge on any atom is -0.172 e. The van der Waals surface area contributed by atoms with Crippen molar-refractivity contribution in [1.82, 2.24) is 0 Å². The van der Waals surface area contributed by atoms with E-state index in [-0.39, 0.29) is 0 Å². The van der Waals surface area contributed by atoms with Gasteiger partial charge in [-0.3, -0.25) is 0 Å². The molecule has 0 aliphatic carbocycles.